The summed E-state index contributed by atoms with van der Waals surface area (Å²) in [4.78, 5) is 35.2. The van der Waals surface area contributed by atoms with Crippen LogP contribution in [0.3, 0.4) is 0 Å². The quantitative estimate of drug-likeness (QED) is 0.638. The average molecular weight is 336 g/mol. The highest BCUT2D eigenvalue weighted by molar-refractivity contribution is 5.76. The van der Waals surface area contributed by atoms with E-state index in [4.69, 9.17) is 10.2 Å². The molecule has 24 heavy (non-hydrogen) atoms. The van der Waals surface area contributed by atoms with Crippen LogP contribution in [0, 0.1) is 5.92 Å². The van der Waals surface area contributed by atoms with Crippen LogP contribution in [0.2, 0.25) is 0 Å². The summed E-state index contributed by atoms with van der Waals surface area (Å²) < 4.78 is 0. The first-order chi connectivity index (χ1) is 11.3. The van der Waals surface area contributed by atoms with Crippen LogP contribution in [0.1, 0.15) is 25.3 Å². The molecule has 0 heterocycles. The molecule has 2 amide bonds. The highest BCUT2D eigenvalue weighted by atomic mass is 16.4. The van der Waals surface area contributed by atoms with Crippen molar-refractivity contribution in [2.45, 2.75) is 32.2 Å². The molecule has 7 heteroatoms. The highest BCUT2D eigenvalue weighted by Gasteiger charge is 2.20. The second-order valence-electron chi connectivity index (χ2n) is 5.89. The number of hydrogen-bond acceptors (Lipinski definition) is 3. The van der Waals surface area contributed by atoms with Crippen molar-refractivity contribution in [3.05, 3.63) is 35.9 Å². The maximum atomic E-state index is 12.2. The summed E-state index contributed by atoms with van der Waals surface area (Å²) in [6.07, 6.45) is 0.771. The molecule has 0 saturated carbocycles. The van der Waals surface area contributed by atoms with Crippen molar-refractivity contribution < 1.29 is 24.6 Å². The van der Waals surface area contributed by atoms with Gasteiger partial charge in [-0.15, -0.1) is 0 Å². The summed E-state index contributed by atoms with van der Waals surface area (Å²) in [7, 11) is 1.52. The highest BCUT2D eigenvalue weighted by Crippen LogP contribution is 2.09. The lowest BCUT2D eigenvalue weighted by Crippen LogP contribution is -2.46. The Balaban J connectivity index is 2.67. The predicted octanol–water partition coefficient (Wildman–Crippen LogP) is 1.82. The van der Waals surface area contributed by atoms with E-state index in [1.165, 1.54) is 18.9 Å². The third-order valence-electron chi connectivity index (χ3n) is 3.68. The van der Waals surface area contributed by atoms with E-state index >= 15 is 0 Å². The smallest absolute Gasteiger partial charge is 0.317 e. The maximum absolute atomic E-state index is 12.2. The molecular formula is C17H24N2O5. The van der Waals surface area contributed by atoms with Crippen molar-refractivity contribution in [2.24, 2.45) is 5.92 Å². The van der Waals surface area contributed by atoms with Gasteiger partial charge in [0.2, 0.25) is 0 Å². The van der Waals surface area contributed by atoms with E-state index in [1.54, 1.807) is 0 Å². The lowest BCUT2D eigenvalue weighted by Gasteiger charge is -2.24. The third kappa shape index (κ3) is 7.13. The number of carboxylic acids is 2. The third-order valence-corrected chi connectivity index (χ3v) is 3.68. The first kappa shape index (κ1) is 19.5. The van der Waals surface area contributed by atoms with Gasteiger partial charge in [-0.3, -0.25) is 9.59 Å². The number of amides is 2. The van der Waals surface area contributed by atoms with Crippen LogP contribution in [0.25, 0.3) is 0 Å². The average Bonchev–Trinajstić information content (AvgIpc) is 2.53. The van der Waals surface area contributed by atoms with Crippen molar-refractivity contribution in [3.63, 3.8) is 0 Å². The van der Waals surface area contributed by atoms with Crippen molar-refractivity contribution in [1.82, 2.24) is 10.2 Å². The summed E-state index contributed by atoms with van der Waals surface area (Å²) in [5, 5.41) is 20.6. The Morgan fingerprint density at radius 1 is 1.17 bits per heavy atom. The lowest BCUT2D eigenvalue weighted by molar-refractivity contribution is -0.141. The molecule has 132 valence electrons. The van der Waals surface area contributed by atoms with Crippen molar-refractivity contribution in [3.8, 4) is 0 Å². The van der Waals surface area contributed by atoms with E-state index < -0.39 is 23.9 Å². The molecule has 0 fully saturated rings. The van der Waals surface area contributed by atoms with Gasteiger partial charge in [0.15, 0.2) is 0 Å². The molecule has 0 aliphatic carbocycles. The molecule has 7 nitrogen and oxygen atoms in total. The molecule has 1 aromatic rings. The first-order valence-electron chi connectivity index (χ1n) is 7.79. The van der Waals surface area contributed by atoms with Crippen LogP contribution in [-0.2, 0) is 16.0 Å². The van der Waals surface area contributed by atoms with Gasteiger partial charge in [0.05, 0.1) is 5.92 Å². The van der Waals surface area contributed by atoms with E-state index in [0.717, 1.165) is 5.56 Å². The Morgan fingerprint density at radius 3 is 2.33 bits per heavy atom. The summed E-state index contributed by atoms with van der Waals surface area (Å²) >= 11 is 0. The van der Waals surface area contributed by atoms with Gasteiger partial charge in [0.25, 0.3) is 0 Å². The van der Waals surface area contributed by atoms with Crippen LogP contribution >= 0.6 is 0 Å². The van der Waals surface area contributed by atoms with Gasteiger partial charge in [-0.25, -0.2) is 4.79 Å². The molecule has 0 aliphatic heterocycles. The van der Waals surface area contributed by atoms with Crippen LogP contribution in [-0.4, -0.2) is 52.7 Å². The van der Waals surface area contributed by atoms with Gasteiger partial charge < -0.3 is 20.4 Å². The number of nitrogens with one attached hydrogen (secondary N) is 1. The molecule has 0 saturated heterocycles. The number of benzene rings is 1. The predicted molar refractivity (Wildman–Crippen MR) is 88.8 cm³/mol. The Kier molecular flexibility index (Phi) is 7.74. The van der Waals surface area contributed by atoms with Gasteiger partial charge in [0.1, 0.15) is 0 Å². The van der Waals surface area contributed by atoms with E-state index in [9.17, 15) is 14.4 Å². The minimum atomic E-state index is -0.971. The zero-order valence-electron chi connectivity index (χ0n) is 13.9. The molecule has 3 N–H and O–H groups in total. The standard InChI is InChI=1S/C17H24N2O5/c1-12(16(22)23)11-19(2)17(24)18-14(8-9-15(20)21)10-13-6-4-3-5-7-13/h3-7,12,14H,8-11H2,1-2H3,(H,18,24)(H,20,21)(H,22,23). The van der Waals surface area contributed by atoms with Crippen molar-refractivity contribution in [2.75, 3.05) is 13.6 Å². The molecule has 0 bridgehead atoms. The van der Waals surface area contributed by atoms with Gasteiger partial charge in [0, 0.05) is 26.1 Å². The minimum Gasteiger partial charge on any atom is -0.481 e. The van der Waals surface area contributed by atoms with Gasteiger partial charge >= 0.3 is 18.0 Å². The molecule has 0 aromatic heterocycles. The number of urea groups is 1. The number of carboxylic acid groups (broad SMARTS) is 2. The second kappa shape index (κ2) is 9.54. The van der Waals surface area contributed by atoms with Crippen LogP contribution < -0.4 is 5.32 Å². The fourth-order valence-corrected chi connectivity index (χ4v) is 2.28. The van der Waals surface area contributed by atoms with Crippen LogP contribution in [0.15, 0.2) is 30.3 Å². The van der Waals surface area contributed by atoms with Gasteiger partial charge in [-0.2, -0.15) is 0 Å². The molecule has 1 rings (SSSR count). The minimum absolute atomic E-state index is 0.0486. The Hall–Kier alpha value is -2.57. The Morgan fingerprint density at radius 2 is 1.79 bits per heavy atom. The fourth-order valence-electron chi connectivity index (χ4n) is 2.28. The van der Waals surface area contributed by atoms with E-state index in [-0.39, 0.29) is 19.0 Å². The number of carbonyl (C=O) groups excluding carboxylic acids is 1. The monoisotopic (exact) mass is 336 g/mol. The van der Waals surface area contributed by atoms with Gasteiger partial charge in [-0.05, 0) is 18.4 Å². The summed E-state index contributed by atoms with van der Waals surface area (Å²) in [5.74, 6) is -2.57. The van der Waals surface area contributed by atoms with Crippen molar-refractivity contribution >= 4 is 18.0 Å². The number of aliphatic carboxylic acids is 2. The van der Waals surface area contributed by atoms with E-state index in [2.05, 4.69) is 5.32 Å². The molecular weight excluding hydrogens is 312 g/mol. The molecule has 0 spiro atoms. The molecule has 0 radical (unpaired) electrons. The molecule has 0 aliphatic rings. The zero-order chi connectivity index (χ0) is 18.1. The van der Waals surface area contributed by atoms with Crippen LogP contribution in [0.5, 0.6) is 0 Å². The van der Waals surface area contributed by atoms with Gasteiger partial charge in [-0.1, -0.05) is 37.3 Å². The number of nitrogens with zero attached hydrogens (tertiary/aromatic N) is 1. The Bertz CT molecular complexity index is 561. The molecule has 1 aromatic carbocycles. The van der Waals surface area contributed by atoms with Crippen molar-refractivity contribution in [1.29, 1.82) is 0 Å². The lowest BCUT2D eigenvalue weighted by atomic mass is 10.0. The van der Waals surface area contributed by atoms with E-state index in [1.807, 2.05) is 30.3 Å². The SMILES string of the molecule is CC(CN(C)C(=O)NC(CCC(=O)O)Cc1ccccc1)C(=O)O. The Labute approximate surface area is 141 Å². The summed E-state index contributed by atoms with van der Waals surface area (Å²) in [6.45, 7) is 1.61. The number of rotatable bonds is 9. The normalized spacial score (nSPS) is 12.9. The van der Waals surface area contributed by atoms with Crippen LogP contribution in [0.4, 0.5) is 4.79 Å². The number of carbonyl (C=O) groups is 3. The second-order valence-corrected chi connectivity index (χ2v) is 5.89. The summed E-state index contributed by atoms with van der Waals surface area (Å²) in [5.41, 5.74) is 0.995. The van der Waals surface area contributed by atoms with E-state index in [0.29, 0.717) is 12.8 Å². The number of hydrogen-bond donors (Lipinski definition) is 3. The maximum Gasteiger partial charge on any atom is 0.317 e. The largest absolute Gasteiger partial charge is 0.481 e. The summed E-state index contributed by atoms with van der Waals surface area (Å²) in [6, 6.07) is 8.73. The fraction of sp³-hybridized carbons (Fsp3) is 0.471. The topological polar surface area (TPSA) is 107 Å². The molecule has 2 atom stereocenters. The first-order valence-corrected chi connectivity index (χ1v) is 7.79. The zero-order valence-corrected chi connectivity index (χ0v) is 13.9. The molecule has 2 unspecified atom stereocenters.